The second-order valence-electron chi connectivity index (χ2n) is 6.30. The van der Waals surface area contributed by atoms with Gasteiger partial charge < -0.3 is 0 Å². The van der Waals surface area contributed by atoms with Crippen LogP contribution in [0.1, 0.15) is 60.8 Å². The summed E-state index contributed by atoms with van der Waals surface area (Å²) in [6, 6.07) is 0. The van der Waals surface area contributed by atoms with Crippen LogP contribution in [0.15, 0.2) is 0 Å². The number of ketones is 1. The van der Waals surface area contributed by atoms with E-state index in [1.165, 1.54) is 12.8 Å². The number of hydrogen-bond donors (Lipinski definition) is 0. The smallest absolute Gasteiger partial charge is 0.130 e. The second-order valence-corrected chi connectivity index (χ2v) is 10.3. The van der Waals surface area contributed by atoms with Crippen molar-refractivity contribution >= 4 is 13.7 Å². The second kappa shape index (κ2) is 4.17. The van der Waals surface area contributed by atoms with Gasteiger partial charge in [0.15, 0.2) is 0 Å². The van der Waals surface area contributed by atoms with Crippen molar-refractivity contribution in [2.24, 2.45) is 0 Å². The van der Waals surface area contributed by atoms with Gasteiger partial charge in [-0.3, -0.25) is 4.79 Å². The molecule has 0 aromatic rings. The number of hydrogen-bond acceptors (Lipinski definition) is 1. The molecule has 88 valence electrons. The minimum Gasteiger partial charge on any atom is -0.300 e. The Kier molecular flexibility index (Phi) is 3.66. The molecule has 0 N–H and O–H groups in total. The topological polar surface area (TPSA) is 17.1 Å². The molecule has 1 nitrogen and oxygen atoms in total. The molecule has 0 radical (unpaired) electrons. The van der Waals surface area contributed by atoms with E-state index in [0.29, 0.717) is 16.1 Å². The van der Waals surface area contributed by atoms with Gasteiger partial charge in [-0.1, -0.05) is 42.5 Å². The van der Waals surface area contributed by atoms with E-state index in [9.17, 15) is 4.79 Å². The van der Waals surface area contributed by atoms with Gasteiger partial charge in [-0.25, -0.2) is 0 Å². The van der Waals surface area contributed by atoms with Gasteiger partial charge in [0.1, 0.15) is 5.78 Å². The first-order valence-electron chi connectivity index (χ1n) is 5.96. The van der Waals surface area contributed by atoms with Crippen LogP contribution < -0.4 is 0 Å². The van der Waals surface area contributed by atoms with Crippen LogP contribution >= 0.6 is 7.92 Å². The van der Waals surface area contributed by atoms with Crippen molar-refractivity contribution in [2.75, 3.05) is 0 Å². The Hall–Kier alpha value is 0.100. The lowest BCUT2D eigenvalue weighted by Gasteiger charge is -2.42. The van der Waals surface area contributed by atoms with Crippen LogP contribution in [0, 0.1) is 0 Å². The molecular formula is C13H25OP. The van der Waals surface area contributed by atoms with Crippen molar-refractivity contribution in [1.82, 2.24) is 0 Å². The lowest BCUT2D eigenvalue weighted by molar-refractivity contribution is -0.117. The number of carbonyl (C=O) groups excluding carboxylic acids is 1. The van der Waals surface area contributed by atoms with Crippen LogP contribution in [-0.2, 0) is 4.79 Å². The molecule has 0 aromatic carbocycles. The maximum absolute atomic E-state index is 11.4. The summed E-state index contributed by atoms with van der Waals surface area (Å²) in [7, 11) is -0.0462. The van der Waals surface area contributed by atoms with E-state index in [1.807, 2.05) is 0 Å². The van der Waals surface area contributed by atoms with Gasteiger partial charge in [0.05, 0.1) is 0 Å². The summed E-state index contributed by atoms with van der Waals surface area (Å²) in [4.78, 5) is 11.4. The van der Waals surface area contributed by atoms with Gasteiger partial charge in [-0.2, -0.15) is 0 Å². The Labute approximate surface area is 95.8 Å². The van der Waals surface area contributed by atoms with Crippen molar-refractivity contribution in [3.8, 4) is 0 Å². The number of rotatable bonds is 2. The molecular weight excluding hydrogens is 203 g/mol. The lowest BCUT2D eigenvalue weighted by Crippen LogP contribution is -2.30. The summed E-state index contributed by atoms with van der Waals surface area (Å²) in [6.45, 7) is 13.5. The van der Waals surface area contributed by atoms with E-state index in [-0.39, 0.29) is 7.92 Å². The summed E-state index contributed by atoms with van der Waals surface area (Å²) in [5.74, 6) is 0.364. The molecule has 0 aliphatic carbocycles. The fourth-order valence-corrected chi connectivity index (χ4v) is 8.64. The first-order chi connectivity index (χ1) is 6.67. The van der Waals surface area contributed by atoms with Gasteiger partial charge in [0.2, 0.25) is 0 Å². The zero-order valence-corrected chi connectivity index (χ0v) is 11.9. The SMILES string of the molecule is CC(=O)CC1(C)CCC(C)P1C(C)(C)C. The molecule has 15 heavy (non-hydrogen) atoms. The first-order valence-corrected chi connectivity index (χ1v) is 7.37. The third-order valence-corrected chi connectivity index (χ3v) is 7.61. The molecule has 1 fully saturated rings. The molecule has 0 spiro atoms. The molecule has 0 saturated carbocycles. The molecule has 3 atom stereocenters. The predicted molar refractivity (Wildman–Crippen MR) is 69.1 cm³/mol. The monoisotopic (exact) mass is 228 g/mol. The van der Waals surface area contributed by atoms with Crippen LogP contribution in [0.4, 0.5) is 0 Å². The van der Waals surface area contributed by atoms with Gasteiger partial charge in [0.25, 0.3) is 0 Å². The fourth-order valence-electron chi connectivity index (χ4n) is 3.48. The molecule has 1 rings (SSSR count). The van der Waals surface area contributed by atoms with Gasteiger partial charge in [-0.15, -0.1) is 0 Å². The maximum atomic E-state index is 11.4. The summed E-state index contributed by atoms with van der Waals surface area (Å²) in [6.07, 6.45) is 3.35. The van der Waals surface area contributed by atoms with Gasteiger partial charge in [0, 0.05) is 6.42 Å². The normalized spacial score (nSPS) is 36.9. The highest BCUT2D eigenvalue weighted by Crippen LogP contribution is 2.70. The average Bonchev–Trinajstić information content (AvgIpc) is 2.23. The van der Waals surface area contributed by atoms with E-state index in [0.717, 1.165) is 12.1 Å². The van der Waals surface area contributed by atoms with Crippen LogP contribution in [0.5, 0.6) is 0 Å². The average molecular weight is 228 g/mol. The Morgan fingerprint density at radius 3 is 2.40 bits per heavy atom. The van der Waals surface area contributed by atoms with Crippen molar-refractivity contribution in [3.05, 3.63) is 0 Å². The highest BCUT2D eigenvalue weighted by atomic mass is 31.1. The molecule has 3 unspecified atom stereocenters. The van der Waals surface area contributed by atoms with E-state index in [4.69, 9.17) is 0 Å². The van der Waals surface area contributed by atoms with Gasteiger partial charge >= 0.3 is 0 Å². The minimum atomic E-state index is -0.0462. The Bertz CT molecular complexity index is 254. The third-order valence-electron chi connectivity index (χ3n) is 3.48. The lowest BCUT2D eigenvalue weighted by atomic mass is 9.98. The van der Waals surface area contributed by atoms with Crippen molar-refractivity contribution < 1.29 is 4.79 Å². The summed E-state index contributed by atoms with van der Waals surface area (Å²) in [5, 5.41) is 0.689. The largest absolute Gasteiger partial charge is 0.300 e. The highest BCUT2D eigenvalue weighted by molar-refractivity contribution is 7.62. The van der Waals surface area contributed by atoms with E-state index in [2.05, 4.69) is 34.6 Å². The Balaban J connectivity index is 2.93. The first kappa shape index (κ1) is 13.2. The van der Waals surface area contributed by atoms with E-state index < -0.39 is 0 Å². The zero-order valence-electron chi connectivity index (χ0n) is 11.1. The zero-order chi connectivity index (χ0) is 11.9. The molecule has 2 heteroatoms. The number of carbonyl (C=O) groups is 1. The molecule has 0 aromatic heterocycles. The summed E-state index contributed by atoms with van der Waals surface area (Å²) < 4.78 is 0. The quantitative estimate of drug-likeness (QED) is 0.648. The van der Waals surface area contributed by atoms with Crippen LogP contribution in [0.3, 0.4) is 0 Å². The van der Waals surface area contributed by atoms with Crippen LogP contribution in [-0.4, -0.2) is 21.8 Å². The summed E-state index contributed by atoms with van der Waals surface area (Å²) in [5.41, 5.74) is 0.823. The fraction of sp³-hybridized carbons (Fsp3) is 0.923. The van der Waals surface area contributed by atoms with Crippen LogP contribution in [0.25, 0.3) is 0 Å². The molecule has 1 heterocycles. The summed E-state index contributed by atoms with van der Waals surface area (Å²) >= 11 is 0. The van der Waals surface area contributed by atoms with Crippen LogP contribution in [0.2, 0.25) is 0 Å². The van der Waals surface area contributed by atoms with Crippen molar-refractivity contribution in [1.29, 1.82) is 0 Å². The highest BCUT2D eigenvalue weighted by Gasteiger charge is 2.48. The molecule has 0 bridgehead atoms. The van der Waals surface area contributed by atoms with E-state index >= 15 is 0 Å². The van der Waals surface area contributed by atoms with Gasteiger partial charge in [-0.05, 0) is 35.7 Å². The maximum Gasteiger partial charge on any atom is 0.130 e. The Morgan fingerprint density at radius 1 is 1.47 bits per heavy atom. The molecule has 1 aliphatic heterocycles. The van der Waals surface area contributed by atoms with Crippen molar-refractivity contribution in [3.63, 3.8) is 0 Å². The molecule has 0 amide bonds. The minimum absolute atomic E-state index is 0.0462. The standard InChI is InChI=1S/C13H25OP/c1-10(14)9-13(6)8-7-11(2)15(13)12(3,4)5/h11H,7-9H2,1-6H3. The van der Waals surface area contributed by atoms with E-state index in [1.54, 1.807) is 6.92 Å². The molecule has 1 saturated heterocycles. The Morgan fingerprint density at radius 2 is 2.00 bits per heavy atom. The van der Waals surface area contributed by atoms with Crippen molar-refractivity contribution in [2.45, 2.75) is 76.8 Å². The molecule has 1 aliphatic rings. The predicted octanol–water partition coefficient (Wildman–Crippen LogP) is 4.19. The third kappa shape index (κ3) is 2.81. The number of Topliss-reactive ketones (excluding diaryl/α,β-unsaturated/α-hetero) is 1.